The number of aryl methyl sites for hydroxylation is 1. The molecule has 0 aliphatic heterocycles. The first-order valence-electron chi connectivity index (χ1n) is 7.76. The molecule has 2 rings (SSSR count). The van der Waals surface area contributed by atoms with Crippen molar-refractivity contribution in [2.24, 2.45) is 0 Å². The van der Waals surface area contributed by atoms with Crippen molar-refractivity contribution in [3.05, 3.63) is 52.3 Å². The van der Waals surface area contributed by atoms with Crippen LogP contribution in [0, 0.1) is 6.92 Å². The van der Waals surface area contributed by atoms with Crippen molar-refractivity contribution in [2.45, 2.75) is 39.3 Å². The van der Waals surface area contributed by atoms with Crippen molar-refractivity contribution in [2.75, 3.05) is 6.54 Å². The van der Waals surface area contributed by atoms with Crippen molar-refractivity contribution in [3.8, 4) is 0 Å². The number of carbonyl (C=O) groups is 1. The van der Waals surface area contributed by atoms with Gasteiger partial charge in [-0.3, -0.25) is 4.79 Å². The Bertz CT molecular complexity index is 655. The van der Waals surface area contributed by atoms with Gasteiger partial charge >= 0.3 is 0 Å². The Morgan fingerprint density at radius 2 is 2.09 bits per heavy atom. The minimum absolute atomic E-state index is 0.255. The maximum atomic E-state index is 12.3. The molecule has 23 heavy (non-hydrogen) atoms. The van der Waals surface area contributed by atoms with Gasteiger partial charge in [-0.25, -0.2) is 4.68 Å². The maximum Gasteiger partial charge on any atom is 0.256 e. The molecule has 0 saturated carbocycles. The van der Waals surface area contributed by atoms with Crippen LogP contribution in [-0.2, 0) is 6.54 Å². The van der Waals surface area contributed by atoms with E-state index in [-0.39, 0.29) is 5.91 Å². The lowest BCUT2D eigenvalue weighted by molar-refractivity contribution is 0.0941. The van der Waals surface area contributed by atoms with Gasteiger partial charge in [0.15, 0.2) is 0 Å². The van der Waals surface area contributed by atoms with Crippen LogP contribution >= 0.6 is 11.6 Å². The number of aromatic nitrogens is 2. The summed E-state index contributed by atoms with van der Waals surface area (Å²) in [6.07, 6.45) is 0.800. The van der Waals surface area contributed by atoms with E-state index in [1.807, 2.05) is 37.3 Å². The van der Waals surface area contributed by atoms with E-state index in [0.29, 0.717) is 42.3 Å². The normalized spacial score (nSPS) is 12.2. The van der Waals surface area contributed by atoms with E-state index in [1.54, 1.807) is 11.6 Å². The van der Waals surface area contributed by atoms with Crippen molar-refractivity contribution < 1.29 is 9.90 Å². The van der Waals surface area contributed by atoms with Crippen molar-refractivity contribution in [3.63, 3.8) is 0 Å². The lowest BCUT2D eigenvalue weighted by Gasteiger charge is -2.09. The fourth-order valence-electron chi connectivity index (χ4n) is 2.32. The van der Waals surface area contributed by atoms with Crippen LogP contribution in [0.2, 0.25) is 5.15 Å². The van der Waals surface area contributed by atoms with E-state index in [9.17, 15) is 9.90 Å². The fourth-order valence-corrected chi connectivity index (χ4v) is 2.64. The minimum Gasteiger partial charge on any atom is -0.393 e. The molecule has 0 saturated heterocycles. The van der Waals surface area contributed by atoms with Gasteiger partial charge in [-0.1, -0.05) is 48.9 Å². The zero-order valence-corrected chi connectivity index (χ0v) is 14.2. The molecule has 0 radical (unpaired) electrons. The minimum atomic E-state index is -0.396. The Kier molecular flexibility index (Phi) is 6.19. The lowest BCUT2D eigenvalue weighted by atomic mass is 10.2. The Hall–Kier alpha value is -1.85. The van der Waals surface area contributed by atoms with Gasteiger partial charge in [0.05, 0.1) is 23.9 Å². The van der Waals surface area contributed by atoms with Crippen LogP contribution in [0.5, 0.6) is 0 Å². The molecule has 1 aromatic carbocycles. The topological polar surface area (TPSA) is 67.2 Å². The molecule has 1 amide bonds. The Morgan fingerprint density at radius 1 is 1.39 bits per heavy atom. The van der Waals surface area contributed by atoms with Gasteiger partial charge in [0.1, 0.15) is 5.15 Å². The number of carbonyl (C=O) groups excluding carboxylic acids is 1. The summed E-state index contributed by atoms with van der Waals surface area (Å²) in [5, 5.41) is 17.0. The highest BCUT2D eigenvalue weighted by atomic mass is 35.5. The second-order valence-electron chi connectivity index (χ2n) is 5.50. The van der Waals surface area contributed by atoms with Crippen molar-refractivity contribution in [1.29, 1.82) is 0 Å². The van der Waals surface area contributed by atoms with E-state index < -0.39 is 6.10 Å². The summed E-state index contributed by atoms with van der Waals surface area (Å²) >= 11 is 6.33. The molecule has 124 valence electrons. The summed E-state index contributed by atoms with van der Waals surface area (Å²) in [6, 6.07) is 9.82. The lowest BCUT2D eigenvalue weighted by Crippen LogP contribution is -2.27. The largest absolute Gasteiger partial charge is 0.393 e. The van der Waals surface area contributed by atoms with Crippen molar-refractivity contribution in [1.82, 2.24) is 15.1 Å². The number of nitrogens with one attached hydrogen (secondary N) is 1. The molecule has 6 heteroatoms. The average Bonchev–Trinajstić information content (AvgIpc) is 2.82. The highest BCUT2D eigenvalue weighted by molar-refractivity contribution is 6.33. The molecule has 1 heterocycles. The van der Waals surface area contributed by atoms with Crippen LogP contribution in [0.4, 0.5) is 0 Å². The molecule has 2 N–H and O–H groups in total. The van der Waals surface area contributed by atoms with Gasteiger partial charge in [-0.15, -0.1) is 0 Å². The van der Waals surface area contributed by atoms with Crippen molar-refractivity contribution >= 4 is 17.5 Å². The van der Waals surface area contributed by atoms with Crippen LogP contribution in [0.15, 0.2) is 30.3 Å². The van der Waals surface area contributed by atoms with Gasteiger partial charge in [0.2, 0.25) is 0 Å². The van der Waals surface area contributed by atoms with Gasteiger partial charge < -0.3 is 10.4 Å². The summed E-state index contributed by atoms with van der Waals surface area (Å²) < 4.78 is 1.63. The Labute approximate surface area is 141 Å². The van der Waals surface area contributed by atoms with Crippen LogP contribution in [-0.4, -0.2) is 33.4 Å². The van der Waals surface area contributed by atoms with E-state index in [2.05, 4.69) is 10.4 Å². The molecule has 0 aliphatic carbocycles. The number of aliphatic hydroxyl groups is 1. The zero-order valence-electron chi connectivity index (χ0n) is 13.4. The Balaban J connectivity index is 2.06. The first-order valence-corrected chi connectivity index (χ1v) is 8.13. The van der Waals surface area contributed by atoms with Crippen LogP contribution in [0.25, 0.3) is 0 Å². The molecule has 1 unspecified atom stereocenters. The van der Waals surface area contributed by atoms with E-state index in [0.717, 1.165) is 5.56 Å². The van der Waals surface area contributed by atoms with Crippen LogP contribution in [0.3, 0.4) is 0 Å². The molecular formula is C17H22ClN3O2. The molecule has 0 aliphatic rings. The van der Waals surface area contributed by atoms with Gasteiger partial charge in [0, 0.05) is 6.54 Å². The third kappa shape index (κ3) is 4.56. The Morgan fingerprint density at radius 3 is 2.74 bits per heavy atom. The predicted octanol–water partition coefficient (Wildman–Crippen LogP) is 2.78. The third-order valence-corrected chi connectivity index (χ3v) is 4.09. The second kappa shape index (κ2) is 8.13. The number of benzene rings is 1. The smallest absolute Gasteiger partial charge is 0.256 e. The zero-order chi connectivity index (χ0) is 16.8. The standard InChI is InChI=1S/C17H22ClN3O2/c1-3-14(22)9-10-19-17(23)15-12(2)20-21(16(15)18)11-13-7-5-4-6-8-13/h4-8,14,22H,3,9-11H2,1-2H3,(H,19,23). The first kappa shape index (κ1) is 17.5. The van der Waals surface area contributed by atoms with E-state index in [4.69, 9.17) is 11.6 Å². The summed E-state index contributed by atoms with van der Waals surface area (Å²) in [5.41, 5.74) is 2.06. The summed E-state index contributed by atoms with van der Waals surface area (Å²) in [7, 11) is 0. The first-order chi connectivity index (χ1) is 11.0. The molecule has 1 aromatic heterocycles. The number of rotatable bonds is 7. The molecule has 2 aromatic rings. The molecule has 5 nitrogen and oxygen atoms in total. The second-order valence-corrected chi connectivity index (χ2v) is 5.86. The monoisotopic (exact) mass is 335 g/mol. The average molecular weight is 336 g/mol. The third-order valence-electron chi connectivity index (χ3n) is 3.70. The number of amides is 1. The molecule has 0 bridgehead atoms. The number of hydrogen-bond donors (Lipinski definition) is 2. The van der Waals surface area contributed by atoms with Crippen LogP contribution in [0.1, 0.15) is 41.4 Å². The van der Waals surface area contributed by atoms with Gasteiger partial charge in [-0.2, -0.15) is 5.10 Å². The summed E-state index contributed by atoms with van der Waals surface area (Å²) in [5.74, 6) is -0.255. The molecule has 1 atom stereocenters. The molecule has 0 fully saturated rings. The molecular weight excluding hydrogens is 314 g/mol. The van der Waals surface area contributed by atoms with E-state index in [1.165, 1.54) is 0 Å². The van der Waals surface area contributed by atoms with Crippen LogP contribution < -0.4 is 5.32 Å². The maximum absolute atomic E-state index is 12.3. The van der Waals surface area contributed by atoms with E-state index >= 15 is 0 Å². The quantitative estimate of drug-likeness (QED) is 0.817. The number of hydrogen-bond acceptors (Lipinski definition) is 3. The number of aliphatic hydroxyl groups excluding tert-OH is 1. The van der Waals surface area contributed by atoms with Gasteiger partial charge in [0.25, 0.3) is 5.91 Å². The number of nitrogens with zero attached hydrogens (tertiary/aromatic N) is 2. The summed E-state index contributed by atoms with van der Waals surface area (Å²) in [4.78, 5) is 12.3. The highest BCUT2D eigenvalue weighted by Gasteiger charge is 2.20. The molecule has 0 spiro atoms. The predicted molar refractivity (Wildman–Crippen MR) is 90.8 cm³/mol. The fraction of sp³-hybridized carbons (Fsp3) is 0.412. The van der Waals surface area contributed by atoms with Gasteiger partial charge in [-0.05, 0) is 25.3 Å². The summed E-state index contributed by atoms with van der Waals surface area (Å²) in [6.45, 7) is 4.60. The number of halogens is 1. The SMILES string of the molecule is CCC(O)CCNC(=O)c1c(C)nn(Cc2ccccc2)c1Cl. The highest BCUT2D eigenvalue weighted by Crippen LogP contribution is 2.20.